The van der Waals surface area contributed by atoms with E-state index >= 15 is 0 Å². The number of rotatable bonds is 6. The second-order valence-corrected chi connectivity index (χ2v) is 5.55. The molecule has 1 aromatic heterocycles. The van der Waals surface area contributed by atoms with Gasteiger partial charge in [0.05, 0.1) is 5.69 Å². The van der Waals surface area contributed by atoms with Gasteiger partial charge in [0.1, 0.15) is 18.2 Å². The zero-order chi connectivity index (χ0) is 17.9. The molecule has 0 bridgehead atoms. The highest BCUT2D eigenvalue weighted by Gasteiger charge is 2.24. The number of carbonyl (C=O) groups is 2. The number of amides is 1. The van der Waals surface area contributed by atoms with Crippen LogP contribution in [-0.2, 0) is 4.79 Å². The van der Waals surface area contributed by atoms with E-state index in [1.54, 1.807) is 19.1 Å². The van der Waals surface area contributed by atoms with Crippen LogP contribution in [0.4, 0.5) is 4.39 Å². The number of halogens is 1. The van der Waals surface area contributed by atoms with Crippen molar-refractivity contribution in [3.05, 3.63) is 41.7 Å². The van der Waals surface area contributed by atoms with Gasteiger partial charge in [-0.2, -0.15) is 0 Å². The minimum atomic E-state index is -1.11. The van der Waals surface area contributed by atoms with E-state index in [0.29, 0.717) is 11.5 Å². The molecule has 1 N–H and O–H groups in total. The molecule has 1 aromatic carbocycles. The number of hydrogen-bond acceptors (Lipinski definition) is 4. The maximum absolute atomic E-state index is 13.5. The van der Waals surface area contributed by atoms with Crippen molar-refractivity contribution in [2.45, 2.75) is 26.7 Å². The minimum absolute atomic E-state index is 0.0585. The maximum atomic E-state index is 13.5. The molecule has 0 aliphatic heterocycles. The standard InChI is InChI=1S/C16H19FN4O3/c1-4-20(9-13(22)23)16(24)14-18-15(10(2)3)21(19-14)12-7-5-6-11(17)8-12/h5-8,10H,4,9H2,1-3H3,(H,22,23). The van der Waals surface area contributed by atoms with Crippen LogP contribution in [0.2, 0.25) is 0 Å². The molecular weight excluding hydrogens is 315 g/mol. The molecule has 0 aliphatic rings. The molecule has 0 aliphatic carbocycles. The lowest BCUT2D eigenvalue weighted by Crippen LogP contribution is -2.36. The fourth-order valence-electron chi connectivity index (χ4n) is 2.22. The lowest BCUT2D eigenvalue weighted by Gasteiger charge is -2.16. The molecule has 1 heterocycles. The van der Waals surface area contributed by atoms with Crippen LogP contribution in [0.1, 0.15) is 43.1 Å². The second kappa shape index (κ2) is 7.20. The van der Waals surface area contributed by atoms with Crippen LogP contribution < -0.4 is 0 Å². The van der Waals surface area contributed by atoms with Crippen LogP contribution in [0.25, 0.3) is 5.69 Å². The summed E-state index contributed by atoms with van der Waals surface area (Å²) in [7, 11) is 0. The van der Waals surface area contributed by atoms with E-state index in [2.05, 4.69) is 10.1 Å². The number of benzene rings is 1. The van der Waals surface area contributed by atoms with Crippen LogP contribution in [0, 0.1) is 5.82 Å². The Morgan fingerprint density at radius 3 is 2.62 bits per heavy atom. The Balaban J connectivity index is 2.44. The molecular formula is C16H19FN4O3. The molecule has 0 radical (unpaired) electrons. The van der Waals surface area contributed by atoms with Crippen LogP contribution in [0.3, 0.4) is 0 Å². The molecule has 0 atom stereocenters. The third-order valence-corrected chi connectivity index (χ3v) is 3.39. The fraction of sp³-hybridized carbons (Fsp3) is 0.375. The SMILES string of the molecule is CCN(CC(=O)O)C(=O)c1nc(C(C)C)n(-c2cccc(F)c2)n1. The molecule has 0 fully saturated rings. The van der Waals surface area contributed by atoms with E-state index in [1.165, 1.54) is 16.8 Å². The number of nitrogens with zero attached hydrogens (tertiary/aromatic N) is 4. The molecule has 2 aromatic rings. The van der Waals surface area contributed by atoms with Crippen molar-refractivity contribution in [1.82, 2.24) is 19.7 Å². The van der Waals surface area contributed by atoms with E-state index in [-0.39, 0.29) is 18.3 Å². The number of aliphatic carboxylic acids is 1. The maximum Gasteiger partial charge on any atom is 0.323 e. The van der Waals surface area contributed by atoms with Gasteiger partial charge in [-0.15, -0.1) is 5.10 Å². The molecule has 0 saturated heterocycles. The predicted molar refractivity (Wildman–Crippen MR) is 84.6 cm³/mol. The average Bonchev–Trinajstić information content (AvgIpc) is 2.97. The average molecular weight is 334 g/mol. The molecule has 0 saturated carbocycles. The smallest absolute Gasteiger partial charge is 0.323 e. The summed E-state index contributed by atoms with van der Waals surface area (Å²) in [4.78, 5) is 28.7. The summed E-state index contributed by atoms with van der Waals surface area (Å²) in [6, 6.07) is 5.81. The molecule has 1 amide bonds. The number of carboxylic acids is 1. The summed E-state index contributed by atoms with van der Waals surface area (Å²) >= 11 is 0. The Bertz CT molecular complexity index is 758. The monoisotopic (exact) mass is 334 g/mol. The first kappa shape index (κ1) is 17.6. The number of hydrogen-bond donors (Lipinski definition) is 1. The van der Waals surface area contributed by atoms with E-state index in [0.717, 1.165) is 4.90 Å². The Kier molecular flexibility index (Phi) is 5.28. The van der Waals surface area contributed by atoms with Crippen molar-refractivity contribution in [3.8, 4) is 5.69 Å². The van der Waals surface area contributed by atoms with Crippen LogP contribution in [0.15, 0.2) is 24.3 Å². The molecule has 128 valence electrons. The minimum Gasteiger partial charge on any atom is -0.480 e. The van der Waals surface area contributed by atoms with Gasteiger partial charge in [-0.3, -0.25) is 9.59 Å². The molecule has 0 spiro atoms. The van der Waals surface area contributed by atoms with Crippen LogP contribution in [0.5, 0.6) is 0 Å². The van der Waals surface area contributed by atoms with Gasteiger partial charge in [-0.25, -0.2) is 14.1 Å². The van der Waals surface area contributed by atoms with Crippen LogP contribution in [-0.4, -0.2) is 49.7 Å². The first-order chi connectivity index (χ1) is 11.3. The molecule has 8 heteroatoms. The third-order valence-electron chi connectivity index (χ3n) is 3.39. The second-order valence-electron chi connectivity index (χ2n) is 5.55. The predicted octanol–water partition coefficient (Wildman–Crippen LogP) is 2.08. The van der Waals surface area contributed by atoms with Gasteiger partial charge in [-0.05, 0) is 25.1 Å². The normalized spacial score (nSPS) is 10.9. The van der Waals surface area contributed by atoms with Gasteiger partial charge in [0, 0.05) is 12.5 Å². The first-order valence-electron chi connectivity index (χ1n) is 7.57. The molecule has 24 heavy (non-hydrogen) atoms. The summed E-state index contributed by atoms with van der Waals surface area (Å²) < 4.78 is 14.9. The molecule has 7 nitrogen and oxygen atoms in total. The fourth-order valence-corrected chi connectivity index (χ4v) is 2.22. The lowest BCUT2D eigenvalue weighted by atomic mass is 10.2. The summed E-state index contributed by atoms with van der Waals surface area (Å²) in [6.45, 7) is 5.22. The zero-order valence-corrected chi connectivity index (χ0v) is 13.7. The lowest BCUT2D eigenvalue weighted by molar-refractivity contribution is -0.137. The van der Waals surface area contributed by atoms with Gasteiger partial charge in [0.15, 0.2) is 0 Å². The van der Waals surface area contributed by atoms with Crippen molar-refractivity contribution >= 4 is 11.9 Å². The summed E-state index contributed by atoms with van der Waals surface area (Å²) in [5, 5.41) is 13.1. The van der Waals surface area contributed by atoms with E-state index < -0.39 is 24.2 Å². The Hall–Kier alpha value is -2.77. The largest absolute Gasteiger partial charge is 0.480 e. The van der Waals surface area contributed by atoms with Crippen molar-refractivity contribution < 1.29 is 19.1 Å². The number of likely N-dealkylation sites (N-methyl/N-ethyl adjacent to an activating group) is 1. The Morgan fingerprint density at radius 1 is 1.38 bits per heavy atom. The Morgan fingerprint density at radius 2 is 2.08 bits per heavy atom. The number of aromatic nitrogens is 3. The third kappa shape index (κ3) is 3.76. The first-order valence-corrected chi connectivity index (χ1v) is 7.57. The van der Waals surface area contributed by atoms with Crippen molar-refractivity contribution in [3.63, 3.8) is 0 Å². The van der Waals surface area contributed by atoms with Gasteiger partial charge < -0.3 is 10.0 Å². The topological polar surface area (TPSA) is 88.3 Å². The number of carboxylic acid groups (broad SMARTS) is 1. The summed E-state index contributed by atoms with van der Waals surface area (Å²) in [6.07, 6.45) is 0. The molecule has 0 unspecified atom stereocenters. The molecule has 2 rings (SSSR count). The van der Waals surface area contributed by atoms with E-state index in [4.69, 9.17) is 5.11 Å². The number of carbonyl (C=O) groups excluding carboxylic acids is 1. The highest BCUT2D eigenvalue weighted by Crippen LogP contribution is 2.18. The quantitative estimate of drug-likeness (QED) is 0.874. The zero-order valence-electron chi connectivity index (χ0n) is 13.7. The van der Waals surface area contributed by atoms with E-state index in [9.17, 15) is 14.0 Å². The van der Waals surface area contributed by atoms with Crippen molar-refractivity contribution in [2.75, 3.05) is 13.1 Å². The highest BCUT2D eigenvalue weighted by molar-refractivity contribution is 5.92. The highest BCUT2D eigenvalue weighted by atomic mass is 19.1. The van der Waals surface area contributed by atoms with Gasteiger partial charge in [0.25, 0.3) is 5.91 Å². The van der Waals surface area contributed by atoms with Crippen LogP contribution >= 0.6 is 0 Å². The van der Waals surface area contributed by atoms with Crippen molar-refractivity contribution in [1.29, 1.82) is 0 Å². The Labute approximate surface area is 138 Å². The van der Waals surface area contributed by atoms with Gasteiger partial charge in [0.2, 0.25) is 5.82 Å². The van der Waals surface area contributed by atoms with Gasteiger partial charge >= 0.3 is 5.97 Å². The summed E-state index contributed by atoms with van der Waals surface area (Å²) in [5.74, 6) is -1.78. The van der Waals surface area contributed by atoms with E-state index in [1.807, 2.05) is 13.8 Å². The van der Waals surface area contributed by atoms with Crippen molar-refractivity contribution in [2.24, 2.45) is 0 Å². The summed E-state index contributed by atoms with van der Waals surface area (Å²) in [5.41, 5.74) is 0.450. The van der Waals surface area contributed by atoms with Gasteiger partial charge in [-0.1, -0.05) is 19.9 Å².